The third kappa shape index (κ3) is 6.41. The predicted octanol–water partition coefficient (Wildman–Crippen LogP) is 6.18. The van der Waals surface area contributed by atoms with E-state index in [1.807, 2.05) is 46.8 Å². The molecule has 1 aliphatic heterocycles. The maximum absolute atomic E-state index is 13.2. The number of thiazole rings is 1. The van der Waals surface area contributed by atoms with E-state index >= 15 is 0 Å². The second-order valence-electron chi connectivity index (χ2n) is 10.1. The number of amides is 3. The maximum Gasteiger partial charge on any atom is 0.410 e. The molecule has 0 radical (unpaired) electrons. The van der Waals surface area contributed by atoms with E-state index in [-0.39, 0.29) is 18.2 Å². The van der Waals surface area contributed by atoms with Gasteiger partial charge in [-0.1, -0.05) is 35.1 Å². The van der Waals surface area contributed by atoms with Crippen molar-refractivity contribution in [2.24, 2.45) is 0 Å². The molecule has 1 fully saturated rings. The molecule has 1 saturated heterocycles. The van der Waals surface area contributed by atoms with Crippen molar-refractivity contribution >= 4 is 40.2 Å². The van der Waals surface area contributed by atoms with Crippen LogP contribution in [0.3, 0.4) is 0 Å². The Labute approximate surface area is 231 Å². The molecule has 11 heteroatoms. The van der Waals surface area contributed by atoms with E-state index in [4.69, 9.17) is 21.3 Å². The third-order valence-electron chi connectivity index (χ3n) is 5.83. The summed E-state index contributed by atoms with van der Waals surface area (Å²) in [5.74, 6) is 0. The molecule has 0 aliphatic carbocycles. The number of aromatic nitrogens is 2. The van der Waals surface area contributed by atoms with Crippen LogP contribution in [0, 0.1) is 18.3 Å². The standard InChI is InChI=1S/C27H29ClN6O3S/c1-16-11-20(13-21(28)30-16)23-22(19-8-6-7-18(12-19)14-29)31-24(38-23)32-25(35)33-9-10-34(17(2)15-33)26(36)37-27(3,4)5/h6-8,11-13,17H,9-10,15H2,1-5H3,(H,31,32,35)/t17-/m1/s1. The Morgan fingerprint density at radius 1 is 1.18 bits per heavy atom. The number of pyridine rings is 1. The van der Waals surface area contributed by atoms with Crippen LogP contribution in [0.4, 0.5) is 14.7 Å². The largest absolute Gasteiger partial charge is 0.444 e. The monoisotopic (exact) mass is 552 g/mol. The lowest BCUT2D eigenvalue weighted by Crippen LogP contribution is -2.57. The number of benzene rings is 1. The van der Waals surface area contributed by atoms with Crippen molar-refractivity contribution < 1.29 is 14.3 Å². The number of halogens is 1. The number of aryl methyl sites for hydroxylation is 1. The number of rotatable bonds is 3. The minimum Gasteiger partial charge on any atom is -0.444 e. The number of anilines is 1. The van der Waals surface area contributed by atoms with Crippen LogP contribution >= 0.6 is 22.9 Å². The van der Waals surface area contributed by atoms with E-state index in [1.165, 1.54) is 11.3 Å². The highest BCUT2D eigenvalue weighted by molar-refractivity contribution is 7.19. The number of nitriles is 1. The van der Waals surface area contributed by atoms with Gasteiger partial charge >= 0.3 is 12.1 Å². The Balaban J connectivity index is 1.57. The molecule has 9 nitrogen and oxygen atoms in total. The fraction of sp³-hybridized carbons (Fsp3) is 0.370. The summed E-state index contributed by atoms with van der Waals surface area (Å²) in [6.07, 6.45) is -0.384. The molecule has 3 aromatic rings. The van der Waals surface area contributed by atoms with Gasteiger partial charge < -0.3 is 14.5 Å². The molecule has 0 bridgehead atoms. The smallest absolute Gasteiger partial charge is 0.410 e. The zero-order chi connectivity index (χ0) is 27.6. The summed E-state index contributed by atoms with van der Waals surface area (Å²) in [7, 11) is 0. The van der Waals surface area contributed by atoms with Crippen LogP contribution in [-0.4, -0.2) is 63.2 Å². The second kappa shape index (κ2) is 11.0. The topological polar surface area (TPSA) is 111 Å². The van der Waals surface area contributed by atoms with Crippen molar-refractivity contribution in [2.75, 3.05) is 25.0 Å². The van der Waals surface area contributed by atoms with Gasteiger partial charge in [-0.3, -0.25) is 5.32 Å². The van der Waals surface area contributed by atoms with Gasteiger partial charge in [0.1, 0.15) is 10.8 Å². The van der Waals surface area contributed by atoms with Gasteiger partial charge in [-0.2, -0.15) is 5.26 Å². The molecule has 38 heavy (non-hydrogen) atoms. The van der Waals surface area contributed by atoms with Crippen LogP contribution < -0.4 is 5.32 Å². The number of ether oxygens (including phenoxy) is 1. The first-order chi connectivity index (χ1) is 17.9. The Morgan fingerprint density at radius 3 is 2.61 bits per heavy atom. The lowest BCUT2D eigenvalue weighted by atomic mass is 10.1. The molecule has 2 aromatic heterocycles. The minimum absolute atomic E-state index is 0.206. The molecular weight excluding hydrogens is 524 g/mol. The van der Waals surface area contributed by atoms with Gasteiger partial charge in [-0.25, -0.2) is 19.6 Å². The molecule has 0 saturated carbocycles. The first kappa shape index (κ1) is 27.4. The van der Waals surface area contributed by atoms with E-state index in [0.717, 1.165) is 21.7 Å². The van der Waals surface area contributed by atoms with Gasteiger partial charge in [0, 0.05) is 36.9 Å². The van der Waals surface area contributed by atoms with Crippen LogP contribution in [0.2, 0.25) is 5.15 Å². The van der Waals surface area contributed by atoms with E-state index in [9.17, 15) is 14.9 Å². The van der Waals surface area contributed by atoms with Crippen molar-refractivity contribution in [3.05, 3.63) is 52.8 Å². The molecular formula is C27H29ClN6O3S. The third-order valence-corrected chi connectivity index (χ3v) is 7.05. The number of urea groups is 1. The molecule has 1 atom stereocenters. The fourth-order valence-electron chi connectivity index (χ4n) is 4.16. The van der Waals surface area contributed by atoms with Crippen molar-refractivity contribution in [3.8, 4) is 27.8 Å². The molecule has 3 heterocycles. The normalized spacial score (nSPS) is 15.7. The van der Waals surface area contributed by atoms with Crippen molar-refractivity contribution in [3.63, 3.8) is 0 Å². The van der Waals surface area contributed by atoms with Gasteiger partial charge in [0.25, 0.3) is 0 Å². The van der Waals surface area contributed by atoms with Crippen LogP contribution in [0.1, 0.15) is 39.0 Å². The van der Waals surface area contributed by atoms with Gasteiger partial charge in [0.2, 0.25) is 0 Å². The Bertz CT molecular complexity index is 1390. The zero-order valence-electron chi connectivity index (χ0n) is 21.9. The average Bonchev–Trinajstić information content (AvgIpc) is 3.26. The summed E-state index contributed by atoms with van der Waals surface area (Å²) in [6.45, 7) is 10.3. The van der Waals surface area contributed by atoms with Crippen molar-refractivity contribution in [2.45, 2.75) is 46.3 Å². The number of carbonyl (C=O) groups is 2. The molecule has 0 unspecified atom stereocenters. The first-order valence-corrected chi connectivity index (χ1v) is 13.3. The van der Waals surface area contributed by atoms with E-state index in [1.54, 1.807) is 34.1 Å². The highest BCUT2D eigenvalue weighted by Gasteiger charge is 2.33. The van der Waals surface area contributed by atoms with Gasteiger partial charge in [-0.15, -0.1) is 0 Å². The van der Waals surface area contributed by atoms with Crippen LogP contribution in [0.5, 0.6) is 0 Å². The SMILES string of the molecule is Cc1cc(-c2sc(NC(=O)N3CCN(C(=O)OC(C)(C)C)[C@H](C)C3)nc2-c2cccc(C#N)c2)cc(Cl)n1. The lowest BCUT2D eigenvalue weighted by Gasteiger charge is -2.40. The van der Waals surface area contributed by atoms with E-state index in [0.29, 0.717) is 41.2 Å². The lowest BCUT2D eigenvalue weighted by molar-refractivity contribution is 0.00589. The Morgan fingerprint density at radius 2 is 1.95 bits per heavy atom. The number of hydrogen-bond acceptors (Lipinski definition) is 7. The molecule has 1 aliphatic rings. The van der Waals surface area contributed by atoms with Crippen LogP contribution in [0.25, 0.3) is 21.7 Å². The molecule has 1 N–H and O–H groups in total. The van der Waals surface area contributed by atoms with E-state index < -0.39 is 5.60 Å². The molecule has 3 amide bonds. The summed E-state index contributed by atoms with van der Waals surface area (Å²) in [6, 6.07) is 12.5. The fourth-order valence-corrected chi connectivity index (χ4v) is 5.38. The van der Waals surface area contributed by atoms with Crippen LogP contribution in [0.15, 0.2) is 36.4 Å². The summed E-state index contributed by atoms with van der Waals surface area (Å²) in [4.78, 5) is 38.8. The number of carbonyl (C=O) groups excluding carboxylic acids is 2. The zero-order valence-corrected chi connectivity index (χ0v) is 23.5. The number of nitrogens with zero attached hydrogens (tertiary/aromatic N) is 5. The van der Waals surface area contributed by atoms with Gasteiger partial charge in [0.15, 0.2) is 5.13 Å². The second-order valence-corrected chi connectivity index (χ2v) is 11.5. The summed E-state index contributed by atoms with van der Waals surface area (Å²) >= 11 is 7.56. The quantitative estimate of drug-likeness (QED) is 0.388. The summed E-state index contributed by atoms with van der Waals surface area (Å²) in [5.41, 5.74) is 2.87. The van der Waals surface area contributed by atoms with Gasteiger partial charge in [0.05, 0.1) is 22.2 Å². The highest BCUT2D eigenvalue weighted by Crippen LogP contribution is 2.40. The molecule has 1 aromatic carbocycles. The number of hydrogen-bond donors (Lipinski definition) is 1. The summed E-state index contributed by atoms with van der Waals surface area (Å²) in [5, 5.41) is 13.1. The number of piperazine rings is 1. The van der Waals surface area contributed by atoms with Gasteiger partial charge in [-0.05, 0) is 64.4 Å². The predicted molar refractivity (Wildman–Crippen MR) is 148 cm³/mol. The summed E-state index contributed by atoms with van der Waals surface area (Å²) < 4.78 is 5.50. The highest BCUT2D eigenvalue weighted by atomic mass is 35.5. The molecule has 198 valence electrons. The molecule has 4 rings (SSSR count). The van der Waals surface area contributed by atoms with Crippen molar-refractivity contribution in [1.29, 1.82) is 5.26 Å². The van der Waals surface area contributed by atoms with Crippen LogP contribution in [-0.2, 0) is 4.74 Å². The Hall–Kier alpha value is -3.68. The molecule has 0 spiro atoms. The number of nitrogens with one attached hydrogen (secondary N) is 1. The van der Waals surface area contributed by atoms with E-state index in [2.05, 4.69) is 16.4 Å². The first-order valence-electron chi connectivity index (χ1n) is 12.1. The minimum atomic E-state index is -0.587. The Kier molecular flexibility index (Phi) is 7.90. The average molecular weight is 553 g/mol. The van der Waals surface area contributed by atoms with Crippen molar-refractivity contribution in [1.82, 2.24) is 19.8 Å². The maximum atomic E-state index is 13.2.